The van der Waals surface area contributed by atoms with Crippen LogP contribution < -0.4 is 11.4 Å². The highest BCUT2D eigenvalue weighted by atomic mass is 16.2. The Hall–Kier alpha value is -2.30. The van der Waals surface area contributed by atoms with Crippen LogP contribution in [0.2, 0.25) is 0 Å². The fourth-order valence-corrected chi connectivity index (χ4v) is 3.58. The van der Waals surface area contributed by atoms with Crippen LogP contribution in [0.4, 0.5) is 0 Å². The van der Waals surface area contributed by atoms with Crippen molar-refractivity contribution < 1.29 is 0 Å². The molecule has 0 amide bonds. The molecule has 5 nitrogen and oxygen atoms in total. The Morgan fingerprint density at radius 2 is 1.30 bits per heavy atom. The average molecular weight is 269 g/mol. The summed E-state index contributed by atoms with van der Waals surface area (Å²) in [5.74, 6) is 0.440. The minimum atomic E-state index is -0.225. The molecule has 3 aliphatic rings. The summed E-state index contributed by atoms with van der Waals surface area (Å²) in [4.78, 5) is 24.4. The molecular weight excluding hydrogens is 254 g/mol. The molecule has 2 bridgehead atoms. The SMILES string of the molecule is Cn1c(=O)n2n(c1=O)[C@H]1C=C[C@@H]2C1C1C=CC=CC=C1. The van der Waals surface area contributed by atoms with E-state index in [0.29, 0.717) is 0 Å². The van der Waals surface area contributed by atoms with Crippen molar-refractivity contribution in [3.8, 4) is 0 Å². The second kappa shape index (κ2) is 3.85. The Morgan fingerprint density at radius 1 is 0.800 bits per heavy atom. The molecule has 4 rings (SSSR count). The number of allylic oxidation sites excluding steroid dienone is 8. The molecule has 1 aromatic rings. The third-order valence-corrected chi connectivity index (χ3v) is 4.50. The van der Waals surface area contributed by atoms with Crippen molar-refractivity contribution in [3.05, 3.63) is 69.6 Å². The third kappa shape index (κ3) is 1.27. The first-order chi connectivity index (χ1) is 9.70. The van der Waals surface area contributed by atoms with E-state index >= 15 is 0 Å². The van der Waals surface area contributed by atoms with Crippen LogP contribution >= 0.6 is 0 Å². The summed E-state index contributed by atoms with van der Waals surface area (Å²) in [6.07, 6.45) is 16.4. The molecule has 0 spiro atoms. The maximum Gasteiger partial charge on any atom is 0.347 e. The van der Waals surface area contributed by atoms with E-state index in [2.05, 4.69) is 24.3 Å². The highest BCUT2D eigenvalue weighted by molar-refractivity contribution is 5.26. The number of nitrogens with zero attached hydrogens (tertiary/aromatic N) is 3. The van der Waals surface area contributed by atoms with E-state index in [1.807, 2.05) is 24.3 Å². The second-order valence-corrected chi connectivity index (χ2v) is 5.49. The quantitative estimate of drug-likeness (QED) is 0.712. The molecule has 0 saturated heterocycles. The molecule has 1 aliphatic heterocycles. The van der Waals surface area contributed by atoms with Gasteiger partial charge in [-0.05, 0) is 0 Å². The highest BCUT2D eigenvalue weighted by Gasteiger charge is 2.47. The molecular formula is C15H15N3O2. The highest BCUT2D eigenvalue weighted by Crippen LogP contribution is 2.47. The van der Waals surface area contributed by atoms with Gasteiger partial charge in [0.05, 0.1) is 12.1 Å². The topological polar surface area (TPSA) is 48.9 Å². The van der Waals surface area contributed by atoms with Gasteiger partial charge in [-0.1, -0.05) is 48.6 Å². The molecule has 0 radical (unpaired) electrons. The second-order valence-electron chi connectivity index (χ2n) is 5.49. The summed E-state index contributed by atoms with van der Waals surface area (Å²) in [6, 6.07) is -0.0578. The molecule has 1 aromatic heterocycles. The third-order valence-electron chi connectivity index (χ3n) is 4.50. The molecule has 0 fully saturated rings. The van der Waals surface area contributed by atoms with E-state index in [1.54, 1.807) is 9.36 Å². The minimum Gasteiger partial charge on any atom is -0.246 e. The fourth-order valence-electron chi connectivity index (χ4n) is 3.58. The van der Waals surface area contributed by atoms with Crippen LogP contribution in [0.3, 0.4) is 0 Å². The summed E-state index contributed by atoms with van der Waals surface area (Å²) >= 11 is 0. The molecule has 0 N–H and O–H groups in total. The van der Waals surface area contributed by atoms with Crippen LogP contribution in [0.15, 0.2) is 58.2 Å². The van der Waals surface area contributed by atoms with Gasteiger partial charge in [0.15, 0.2) is 0 Å². The van der Waals surface area contributed by atoms with Gasteiger partial charge in [0.1, 0.15) is 0 Å². The summed E-state index contributed by atoms with van der Waals surface area (Å²) in [5, 5.41) is 0. The van der Waals surface area contributed by atoms with Crippen molar-refractivity contribution in [2.75, 3.05) is 0 Å². The first-order valence-electron chi connectivity index (χ1n) is 6.80. The smallest absolute Gasteiger partial charge is 0.246 e. The fraction of sp³-hybridized carbons (Fsp3) is 0.333. The minimum absolute atomic E-state index is 0.0289. The summed E-state index contributed by atoms with van der Waals surface area (Å²) < 4.78 is 4.40. The Kier molecular flexibility index (Phi) is 2.22. The van der Waals surface area contributed by atoms with Crippen molar-refractivity contribution in [1.29, 1.82) is 0 Å². The first kappa shape index (κ1) is 11.5. The molecule has 5 heteroatoms. The molecule has 1 unspecified atom stereocenters. The van der Waals surface area contributed by atoms with Gasteiger partial charge in [0, 0.05) is 18.9 Å². The maximum atomic E-state index is 12.2. The molecule has 0 aromatic carbocycles. The number of fused-ring (bicyclic) bond motifs is 5. The van der Waals surface area contributed by atoms with Gasteiger partial charge in [-0.25, -0.2) is 23.5 Å². The van der Waals surface area contributed by atoms with E-state index in [1.165, 1.54) is 11.6 Å². The van der Waals surface area contributed by atoms with Crippen molar-refractivity contribution in [1.82, 2.24) is 13.9 Å². The number of hydrogen-bond acceptors (Lipinski definition) is 2. The lowest BCUT2D eigenvalue weighted by atomic mass is 9.85. The molecule has 102 valence electrons. The van der Waals surface area contributed by atoms with Gasteiger partial charge in [0.2, 0.25) is 0 Å². The van der Waals surface area contributed by atoms with Gasteiger partial charge < -0.3 is 0 Å². The Bertz CT molecular complexity index is 739. The molecule has 3 atom stereocenters. The van der Waals surface area contributed by atoms with Gasteiger partial charge >= 0.3 is 11.4 Å². The predicted molar refractivity (Wildman–Crippen MR) is 75.5 cm³/mol. The maximum absolute atomic E-state index is 12.2. The van der Waals surface area contributed by atoms with Gasteiger partial charge in [0.25, 0.3) is 0 Å². The average Bonchev–Trinajstić information content (AvgIpc) is 2.97. The lowest BCUT2D eigenvalue weighted by Crippen LogP contribution is -2.30. The van der Waals surface area contributed by atoms with Crippen molar-refractivity contribution >= 4 is 0 Å². The predicted octanol–water partition coefficient (Wildman–Crippen LogP) is 0.929. The monoisotopic (exact) mass is 269 g/mol. The zero-order chi connectivity index (χ0) is 13.9. The van der Waals surface area contributed by atoms with Gasteiger partial charge in [-0.2, -0.15) is 0 Å². The lowest BCUT2D eigenvalue weighted by molar-refractivity contribution is 0.376. The Morgan fingerprint density at radius 3 is 1.80 bits per heavy atom. The van der Waals surface area contributed by atoms with Gasteiger partial charge in [-0.15, -0.1) is 0 Å². The van der Waals surface area contributed by atoms with Crippen LogP contribution in [0.5, 0.6) is 0 Å². The van der Waals surface area contributed by atoms with Crippen molar-refractivity contribution in [2.24, 2.45) is 18.9 Å². The number of rotatable bonds is 1. The van der Waals surface area contributed by atoms with E-state index in [0.717, 1.165) is 0 Å². The molecule has 2 heterocycles. The summed E-state index contributed by atoms with van der Waals surface area (Å²) in [5.41, 5.74) is -0.451. The summed E-state index contributed by atoms with van der Waals surface area (Å²) in [7, 11) is 1.53. The van der Waals surface area contributed by atoms with Crippen molar-refractivity contribution in [2.45, 2.75) is 12.1 Å². The van der Waals surface area contributed by atoms with Crippen LogP contribution in [0.1, 0.15) is 12.1 Å². The van der Waals surface area contributed by atoms with Crippen LogP contribution in [0, 0.1) is 11.8 Å². The van der Waals surface area contributed by atoms with Crippen molar-refractivity contribution in [3.63, 3.8) is 0 Å². The standard InChI is InChI=1S/C15H15N3O2/c1-16-14(19)17-11-8-9-12(18(17)15(16)20)13(11)10-6-4-2-3-5-7-10/h2-13H,1H3/t11-,12+,13?. The molecule has 20 heavy (non-hydrogen) atoms. The largest absolute Gasteiger partial charge is 0.347 e. The number of hydrogen-bond donors (Lipinski definition) is 0. The molecule has 2 aliphatic carbocycles. The van der Waals surface area contributed by atoms with E-state index in [4.69, 9.17) is 0 Å². The molecule has 0 saturated carbocycles. The summed E-state index contributed by atoms with van der Waals surface area (Å²) in [6.45, 7) is 0. The zero-order valence-electron chi connectivity index (χ0n) is 11.1. The van der Waals surface area contributed by atoms with E-state index in [9.17, 15) is 9.59 Å². The normalized spacial score (nSPS) is 30.1. The Balaban J connectivity index is 1.84. The van der Waals surface area contributed by atoms with Crippen LogP contribution in [-0.4, -0.2) is 13.9 Å². The van der Waals surface area contributed by atoms with Crippen LogP contribution in [0.25, 0.3) is 0 Å². The Labute approximate surface area is 115 Å². The van der Waals surface area contributed by atoms with E-state index < -0.39 is 0 Å². The zero-order valence-corrected chi connectivity index (χ0v) is 11.1. The first-order valence-corrected chi connectivity index (χ1v) is 6.80. The lowest BCUT2D eigenvalue weighted by Gasteiger charge is -2.20. The van der Waals surface area contributed by atoms with Crippen LogP contribution in [-0.2, 0) is 7.05 Å². The van der Waals surface area contributed by atoms with Gasteiger partial charge in [-0.3, -0.25) is 0 Å². The number of aromatic nitrogens is 3. The van der Waals surface area contributed by atoms with E-state index in [-0.39, 0.29) is 35.3 Å².